The summed E-state index contributed by atoms with van der Waals surface area (Å²) < 4.78 is 23.6. The number of carbonyl (C=O) groups is 1. The van der Waals surface area contributed by atoms with Crippen molar-refractivity contribution in [3.63, 3.8) is 0 Å². The zero-order chi connectivity index (χ0) is 26.7. The number of aromatic nitrogens is 1. The Hall–Kier alpha value is -2.65. The Morgan fingerprint density at radius 2 is 1.82 bits per heavy atom. The number of hydrogen-bond donors (Lipinski definition) is 1. The fraction of sp³-hybridized carbons (Fsp3) is 0.655. The van der Waals surface area contributed by atoms with Gasteiger partial charge in [-0.2, -0.15) is 0 Å². The van der Waals surface area contributed by atoms with Crippen molar-refractivity contribution >= 4 is 22.6 Å². The number of carboxylic acids is 1. The number of halogens is 1. The third-order valence-corrected chi connectivity index (χ3v) is 9.41. The Balaban J connectivity index is 1.36. The van der Waals surface area contributed by atoms with Crippen molar-refractivity contribution in [2.24, 2.45) is 5.92 Å². The Kier molecular flexibility index (Phi) is 6.63. The SMILES string of the molecule is COc1c(N2CC3CCCN(C4CCN(C(C)C)CC4)C3C2)c(F)cc2c(=O)c(C(=O)O)cn(C3CC3)c12. The predicted octanol–water partition coefficient (Wildman–Crippen LogP) is 3.96. The van der Waals surface area contributed by atoms with Crippen LogP contribution in [0.4, 0.5) is 10.1 Å². The topological polar surface area (TPSA) is 78.2 Å². The number of piperidine rings is 2. The van der Waals surface area contributed by atoms with Gasteiger partial charge in [0.15, 0.2) is 11.6 Å². The highest BCUT2D eigenvalue weighted by molar-refractivity contribution is 5.97. The van der Waals surface area contributed by atoms with Gasteiger partial charge in [-0.25, -0.2) is 9.18 Å². The van der Waals surface area contributed by atoms with Crippen LogP contribution in [0.15, 0.2) is 17.1 Å². The summed E-state index contributed by atoms with van der Waals surface area (Å²) in [6, 6.07) is 2.85. The van der Waals surface area contributed by atoms with Crippen molar-refractivity contribution in [1.82, 2.24) is 14.4 Å². The van der Waals surface area contributed by atoms with E-state index in [0.717, 1.165) is 58.4 Å². The lowest BCUT2D eigenvalue weighted by Crippen LogP contribution is -2.54. The quantitative estimate of drug-likeness (QED) is 0.611. The van der Waals surface area contributed by atoms with Crippen LogP contribution in [0.25, 0.3) is 10.9 Å². The Labute approximate surface area is 222 Å². The molecule has 3 aliphatic heterocycles. The van der Waals surface area contributed by atoms with E-state index in [1.165, 1.54) is 32.2 Å². The summed E-state index contributed by atoms with van der Waals surface area (Å²) in [5.74, 6) is -1.01. The summed E-state index contributed by atoms with van der Waals surface area (Å²) in [5.41, 5.74) is -0.0813. The predicted molar refractivity (Wildman–Crippen MR) is 145 cm³/mol. The fourth-order valence-corrected chi connectivity index (χ4v) is 7.31. The first kappa shape index (κ1) is 25.6. The van der Waals surface area contributed by atoms with E-state index in [0.29, 0.717) is 41.0 Å². The van der Waals surface area contributed by atoms with Gasteiger partial charge in [-0.15, -0.1) is 0 Å². The van der Waals surface area contributed by atoms with E-state index in [4.69, 9.17) is 4.74 Å². The summed E-state index contributed by atoms with van der Waals surface area (Å²) in [5, 5.41) is 9.69. The van der Waals surface area contributed by atoms with E-state index in [9.17, 15) is 14.7 Å². The molecule has 9 heteroatoms. The minimum Gasteiger partial charge on any atom is -0.492 e. The first-order valence-electron chi connectivity index (χ1n) is 14.2. The van der Waals surface area contributed by atoms with Crippen molar-refractivity contribution in [3.8, 4) is 5.75 Å². The number of carboxylic acid groups (broad SMARTS) is 1. The van der Waals surface area contributed by atoms with Crippen molar-refractivity contribution in [1.29, 1.82) is 0 Å². The van der Waals surface area contributed by atoms with Crippen molar-refractivity contribution in [2.45, 2.75) is 76.5 Å². The third-order valence-electron chi connectivity index (χ3n) is 9.41. The number of fused-ring (bicyclic) bond motifs is 2. The summed E-state index contributed by atoms with van der Waals surface area (Å²) >= 11 is 0. The lowest BCUT2D eigenvalue weighted by atomic mass is 9.88. The number of ether oxygens (including phenoxy) is 1. The molecule has 2 aromatic rings. The van der Waals surface area contributed by atoms with Crippen LogP contribution in [-0.4, -0.2) is 83.4 Å². The molecule has 1 aromatic carbocycles. The van der Waals surface area contributed by atoms with Crippen molar-refractivity contribution in [2.75, 3.05) is 44.7 Å². The molecule has 2 unspecified atom stereocenters. The number of anilines is 1. The maximum atomic E-state index is 15.9. The second kappa shape index (κ2) is 9.83. The van der Waals surface area contributed by atoms with Gasteiger partial charge in [-0.05, 0) is 84.0 Å². The highest BCUT2D eigenvalue weighted by Crippen LogP contribution is 2.46. The molecule has 6 rings (SSSR count). The Morgan fingerprint density at radius 3 is 2.45 bits per heavy atom. The van der Waals surface area contributed by atoms with Crippen LogP contribution in [0.1, 0.15) is 68.8 Å². The number of hydrogen-bond acceptors (Lipinski definition) is 6. The summed E-state index contributed by atoms with van der Waals surface area (Å²) in [4.78, 5) is 32.2. The van der Waals surface area contributed by atoms with E-state index in [-0.39, 0.29) is 17.0 Å². The molecule has 38 heavy (non-hydrogen) atoms. The highest BCUT2D eigenvalue weighted by Gasteiger charge is 2.44. The van der Waals surface area contributed by atoms with Gasteiger partial charge < -0.3 is 24.2 Å². The van der Waals surface area contributed by atoms with Gasteiger partial charge in [0.1, 0.15) is 11.3 Å². The number of likely N-dealkylation sites (tertiary alicyclic amines) is 2. The molecule has 0 bridgehead atoms. The first-order valence-corrected chi connectivity index (χ1v) is 14.2. The molecule has 2 atom stereocenters. The Morgan fingerprint density at radius 1 is 1.08 bits per heavy atom. The van der Waals surface area contributed by atoms with E-state index in [1.807, 2.05) is 4.57 Å². The van der Waals surface area contributed by atoms with Gasteiger partial charge in [0.05, 0.1) is 18.0 Å². The minimum atomic E-state index is -1.29. The molecule has 3 saturated heterocycles. The zero-order valence-corrected chi connectivity index (χ0v) is 22.7. The molecule has 1 aliphatic carbocycles. The number of methoxy groups -OCH3 is 1. The number of aromatic carboxylic acids is 1. The van der Waals surface area contributed by atoms with Gasteiger partial charge in [0.25, 0.3) is 0 Å². The highest BCUT2D eigenvalue weighted by atomic mass is 19.1. The first-order chi connectivity index (χ1) is 18.3. The maximum absolute atomic E-state index is 15.9. The summed E-state index contributed by atoms with van der Waals surface area (Å²) in [7, 11) is 1.52. The van der Waals surface area contributed by atoms with Gasteiger partial charge >= 0.3 is 5.97 Å². The molecule has 0 amide bonds. The number of nitrogens with zero attached hydrogens (tertiary/aromatic N) is 4. The molecule has 4 fully saturated rings. The number of benzene rings is 1. The molecular formula is C29H39FN4O4. The zero-order valence-electron chi connectivity index (χ0n) is 22.7. The maximum Gasteiger partial charge on any atom is 0.341 e. The van der Waals surface area contributed by atoms with Crippen molar-refractivity contribution in [3.05, 3.63) is 33.9 Å². The largest absolute Gasteiger partial charge is 0.492 e. The summed E-state index contributed by atoms with van der Waals surface area (Å²) in [6.45, 7) is 9.37. The number of rotatable bonds is 6. The Bertz CT molecular complexity index is 1300. The molecule has 0 radical (unpaired) electrons. The molecule has 0 spiro atoms. The molecule has 1 N–H and O–H groups in total. The molecule has 4 aliphatic rings. The van der Waals surface area contributed by atoms with Gasteiger partial charge in [-0.1, -0.05) is 0 Å². The van der Waals surface area contributed by atoms with E-state index < -0.39 is 17.2 Å². The van der Waals surface area contributed by atoms with Crippen LogP contribution >= 0.6 is 0 Å². The smallest absolute Gasteiger partial charge is 0.341 e. The second-order valence-electron chi connectivity index (χ2n) is 11.9. The second-order valence-corrected chi connectivity index (χ2v) is 11.9. The molecule has 1 saturated carbocycles. The average Bonchev–Trinajstić information content (AvgIpc) is 3.66. The van der Waals surface area contributed by atoms with Crippen LogP contribution in [0.5, 0.6) is 5.75 Å². The molecular weight excluding hydrogens is 487 g/mol. The van der Waals surface area contributed by atoms with E-state index in [2.05, 4.69) is 28.5 Å². The fourth-order valence-electron chi connectivity index (χ4n) is 7.31. The van der Waals surface area contributed by atoms with Gasteiger partial charge in [-0.3, -0.25) is 9.69 Å². The third kappa shape index (κ3) is 4.28. The lowest BCUT2D eigenvalue weighted by molar-refractivity contribution is 0.0332. The normalized spacial score (nSPS) is 25.3. The molecule has 8 nitrogen and oxygen atoms in total. The monoisotopic (exact) mass is 526 g/mol. The minimum absolute atomic E-state index is 0.0741. The van der Waals surface area contributed by atoms with E-state index >= 15 is 4.39 Å². The van der Waals surface area contributed by atoms with Crippen LogP contribution in [-0.2, 0) is 0 Å². The van der Waals surface area contributed by atoms with Crippen LogP contribution in [0.2, 0.25) is 0 Å². The van der Waals surface area contributed by atoms with Crippen LogP contribution < -0.4 is 15.1 Å². The van der Waals surface area contributed by atoms with Crippen molar-refractivity contribution < 1.29 is 19.0 Å². The van der Waals surface area contributed by atoms with Gasteiger partial charge in [0, 0.05) is 43.5 Å². The average molecular weight is 527 g/mol. The lowest BCUT2D eigenvalue weighted by Gasteiger charge is -2.46. The molecule has 4 heterocycles. The number of pyridine rings is 1. The summed E-state index contributed by atoms with van der Waals surface area (Å²) in [6.07, 6.45) is 7.86. The molecule has 206 valence electrons. The van der Waals surface area contributed by atoms with Gasteiger partial charge in [0.2, 0.25) is 5.43 Å². The standard InChI is InChI=1S/C29H39FN4O4/c1-17(2)31-11-8-20(9-12-31)33-10-4-5-18-14-32(16-24(18)33)26-23(30)13-21-25(28(26)38-3)34(19-6-7-19)15-22(27(21)35)29(36)37/h13,15,17-20,24H,4-12,14,16H2,1-3H3,(H,36,37). The van der Waals surface area contributed by atoms with Crippen LogP contribution in [0, 0.1) is 11.7 Å². The van der Waals surface area contributed by atoms with E-state index in [1.54, 1.807) is 0 Å². The molecule has 1 aromatic heterocycles. The van der Waals surface area contributed by atoms with Crippen LogP contribution in [0.3, 0.4) is 0 Å².